The maximum atomic E-state index is 12.1. The van der Waals surface area contributed by atoms with Crippen molar-refractivity contribution in [3.63, 3.8) is 0 Å². The minimum absolute atomic E-state index is 0.0620. The van der Waals surface area contributed by atoms with Gasteiger partial charge >= 0.3 is 5.69 Å². The molecule has 4 saturated carbocycles. The van der Waals surface area contributed by atoms with Gasteiger partial charge in [-0.25, -0.2) is 4.79 Å². The lowest BCUT2D eigenvalue weighted by atomic mass is 9.48. The lowest BCUT2D eigenvalue weighted by molar-refractivity contribution is -0.00603. The first-order valence-corrected chi connectivity index (χ1v) is 6.97. The topological polar surface area (TPSA) is 65.7 Å². The molecule has 1 aromatic rings. The molecule has 0 aromatic carbocycles. The smallest absolute Gasteiger partial charge is 0.314 e. The highest BCUT2D eigenvalue weighted by atomic mass is 16.2. The van der Waals surface area contributed by atoms with E-state index in [1.807, 2.05) is 0 Å². The summed E-state index contributed by atoms with van der Waals surface area (Å²) < 4.78 is 0. The van der Waals surface area contributed by atoms with E-state index in [2.05, 4.69) is 9.97 Å². The van der Waals surface area contributed by atoms with E-state index in [9.17, 15) is 9.59 Å². The standard InChI is InChI=1S/C14H18N2O2/c17-12-11(7-15-13(18)16-12)14-4-8-1-9(5-14)3-10(2-8)6-14/h7-10H,1-6H2,(H2,15,16,17,18). The third-order valence-electron chi connectivity index (χ3n) is 5.43. The second kappa shape index (κ2) is 3.37. The zero-order chi connectivity index (χ0) is 12.3. The van der Waals surface area contributed by atoms with E-state index >= 15 is 0 Å². The summed E-state index contributed by atoms with van der Waals surface area (Å²) in [5, 5.41) is 0. The Morgan fingerprint density at radius 2 is 1.56 bits per heavy atom. The summed E-state index contributed by atoms with van der Waals surface area (Å²) >= 11 is 0. The predicted molar refractivity (Wildman–Crippen MR) is 67.5 cm³/mol. The van der Waals surface area contributed by atoms with E-state index in [1.165, 1.54) is 19.3 Å². The molecule has 0 unspecified atom stereocenters. The van der Waals surface area contributed by atoms with Gasteiger partial charge in [0.15, 0.2) is 0 Å². The molecule has 96 valence electrons. The van der Waals surface area contributed by atoms with Crippen LogP contribution in [0, 0.1) is 17.8 Å². The van der Waals surface area contributed by atoms with Crippen molar-refractivity contribution < 1.29 is 0 Å². The number of rotatable bonds is 1. The molecule has 0 amide bonds. The molecule has 1 heterocycles. The zero-order valence-corrected chi connectivity index (χ0v) is 10.4. The molecular formula is C14H18N2O2. The van der Waals surface area contributed by atoms with Crippen molar-refractivity contribution in [2.45, 2.75) is 43.9 Å². The average molecular weight is 246 g/mol. The molecule has 4 bridgehead atoms. The molecule has 18 heavy (non-hydrogen) atoms. The van der Waals surface area contributed by atoms with Crippen LogP contribution in [0.25, 0.3) is 0 Å². The van der Waals surface area contributed by atoms with Crippen molar-refractivity contribution in [1.29, 1.82) is 0 Å². The van der Waals surface area contributed by atoms with Crippen LogP contribution in [-0.2, 0) is 5.41 Å². The molecule has 0 radical (unpaired) electrons. The van der Waals surface area contributed by atoms with Crippen molar-refractivity contribution in [1.82, 2.24) is 9.97 Å². The lowest BCUT2D eigenvalue weighted by Gasteiger charge is -2.56. The molecule has 4 aliphatic rings. The molecule has 4 heteroatoms. The minimum atomic E-state index is -0.395. The van der Waals surface area contributed by atoms with Crippen molar-refractivity contribution in [2.24, 2.45) is 17.8 Å². The van der Waals surface area contributed by atoms with Crippen LogP contribution in [0.4, 0.5) is 0 Å². The van der Waals surface area contributed by atoms with Crippen LogP contribution in [0.15, 0.2) is 15.8 Å². The number of aromatic nitrogens is 2. The van der Waals surface area contributed by atoms with Gasteiger partial charge in [0.05, 0.1) is 0 Å². The number of aromatic amines is 2. The van der Waals surface area contributed by atoms with Gasteiger partial charge in [0.2, 0.25) is 0 Å². The second-order valence-corrected chi connectivity index (χ2v) is 6.68. The Balaban J connectivity index is 1.84. The molecule has 0 saturated heterocycles. The zero-order valence-electron chi connectivity index (χ0n) is 10.4. The van der Waals surface area contributed by atoms with Gasteiger partial charge in [-0.3, -0.25) is 9.78 Å². The molecule has 2 N–H and O–H groups in total. The summed E-state index contributed by atoms with van der Waals surface area (Å²) in [6.07, 6.45) is 9.20. The molecule has 0 spiro atoms. The Hall–Kier alpha value is -1.32. The van der Waals surface area contributed by atoms with Gasteiger partial charge in [0.25, 0.3) is 5.56 Å². The van der Waals surface area contributed by atoms with Crippen LogP contribution in [0.1, 0.15) is 44.1 Å². The van der Waals surface area contributed by atoms with Gasteiger partial charge in [-0.15, -0.1) is 0 Å². The van der Waals surface area contributed by atoms with Crippen LogP contribution in [0.2, 0.25) is 0 Å². The van der Waals surface area contributed by atoms with Crippen LogP contribution in [0.3, 0.4) is 0 Å². The van der Waals surface area contributed by atoms with Crippen molar-refractivity contribution >= 4 is 0 Å². The number of H-pyrrole nitrogens is 2. The van der Waals surface area contributed by atoms with Gasteiger partial charge in [0.1, 0.15) is 0 Å². The molecule has 4 nitrogen and oxygen atoms in total. The third-order valence-corrected chi connectivity index (χ3v) is 5.43. The van der Waals surface area contributed by atoms with E-state index in [-0.39, 0.29) is 11.0 Å². The third kappa shape index (κ3) is 1.38. The Bertz CT molecular complexity index is 563. The highest BCUT2D eigenvalue weighted by Gasteiger charge is 2.52. The van der Waals surface area contributed by atoms with Gasteiger partial charge in [-0.2, -0.15) is 0 Å². The first kappa shape index (κ1) is 10.6. The predicted octanol–water partition coefficient (Wildman–Crippen LogP) is 1.53. The Labute approximate surface area is 105 Å². The summed E-state index contributed by atoms with van der Waals surface area (Å²) in [4.78, 5) is 28.3. The van der Waals surface area contributed by atoms with Crippen LogP contribution < -0.4 is 11.2 Å². The summed E-state index contributed by atoms with van der Waals surface area (Å²) in [6.45, 7) is 0. The first-order valence-electron chi connectivity index (χ1n) is 6.97. The number of hydrogen-bond acceptors (Lipinski definition) is 2. The Kier molecular flexibility index (Phi) is 1.98. The fourth-order valence-electron chi connectivity index (χ4n) is 5.24. The largest absolute Gasteiger partial charge is 0.325 e. The summed E-state index contributed by atoms with van der Waals surface area (Å²) in [6, 6.07) is 0. The molecule has 0 atom stereocenters. The van der Waals surface area contributed by atoms with E-state index in [1.54, 1.807) is 6.20 Å². The van der Waals surface area contributed by atoms with Crippen molar-refractivity contribution in [3.05, 3.63) is 32.6 Å². The Morgan fingerprint density at radius 1 is 1.00 bits per heavy atom. The maximum absolute atomic E-state index is 12.1. The highest BCUT2D eigenvalue weighted by molar-refractivity contribution is 5.24. The molecule has 0 aliphatic heterocycles. The van der Waals surface area contributed by atoms with Gasteiger partial charge < -0.3 is 4.98 Å². The SMILES string of the molecule is O=c1[nH]cc(C23CC4CC(CC(C4)C2)C3)c(=O)[nH]1. The molecule has 4 fully saturated rings. The van der Waals surface area contributed by atoms with Gasteiger partial charge in [0, 0.05) is 17.2 Å². The van der Waals surface area contributed by atoms with Crippen molar-refractivity contribution in [3.8, 4) is 0 Å². The normalized spacial score (nSPS) is 41.2. The Morgan fingerprint density at radius 3 is 2.06 bits per heavy atom. The van der Waals surface area contributed by atoms with E-state index in [4.69, 9.17) is 0 Å². The quantitative estimate of drug-likeness (QED) is 0.789. The average Bonchev–Trinajstić information content (AvgIpc) is 2.26. The fraction of sp³-hybridized carbons (Fsp3) is 0.714. The highest BCUT2D eigenvalue weighted by Crippen LogP contribution is 2.60. The molecular weight excluding hydrogens is 228 g/mol. The maximum Gasteiger partial charge on any atom is 0.325 e. The van der Waals surface area contributed by atoms with Crippen LogP contribution in [0.5, 0.6) is 0 Å². The molecule has 4 aliphatic carbocycles. The number of hydrogen-bond donors (Lipinski definition) is 2. The fourth-order valence-corrected chi connectivity index (χ4v) is 5.24. The van der Waals surface area contributed by atoms with Gasteiger partial charge in [-0.1, -0.05) is 0 Å². The first-order chi connectivity index (χ1) is 8.64. The van der Waals surface area contributed by atoms with Gasteiger partial charge in [-0.05, 0) is 56.3 Å². The van der Waals surface area contributed by atoms with E-state index < -0.39 is 5.69 Å². The minimum Gasteiger partial charge on any atom is -0.314 e. The summed E-state index contributed by atoms with van der Waals surface area (Å²) in [5.74, 6) is 2.42. The van der Waals surface area contributed by atoms with Crippen LogP contribution in [-0.4, -0.2) is 9.97 Å². The summed E-state index contributed by atoms with van der Waals surface area (Å²) in [5.41, 5.74) is 0.336. The summed E-state index contributed by atoms with van der Waals surface area (Å²) in [7, 11) is 0. The monoisotopic (exact) mass is 246 g/mol. The van der Waals surface area contributed by atoms with Crippen LogP contribution >= 0.6 is 0 Å². The van der Waals surface area contributed by atoms with Crippen molar-refractivity contribution in [2.75, 3.05) is 0 Å². The van der Waals surface area contributed by atoms with E-state index in [0.29, 0.717) is 0 Å². The van der Waals surface area contributed by atoms with E-state index in [0.717, 1.165) is 42.6 Å². The number of nitrogens with one attached hydrogen (secondary N) is 2. The lowest BCUT2D eigenvalue weighted by Crippen LogP contribution is -2.51. The molecule has 5 rings (SSSR count). The second-order valence-electron chi connectivity index (χ2n) is 6.68. The molecule has 1 aromatic heterocycles.